The largest absolute Gasteiger partial charge is 0.457 e. The van der Waals surface area contributed by atoms with E-state index in [-0.39, 0.29) is 0 Å². The van der Waals surface area contributed by atoms with Crippen LogP contribution in [0.3, 0.4) is 0 Å². The summed E-state index contributed by atoms with van der Waals surface area (Å²) in [6, 6.07) is 140. The Hall–Kier alpha value is -15.5. The molecule has 0 radical (unpaired) electrons. The molecule has 560 valence electrons. The van der Waals surface area contributed by atoms with Crippen LogP contribution in [0.5, 0.6) is 23.0 Å². The van der Waals surface area contributed by atoms with Crippen LogP contribution in [0.15, 0.2) is 413 Å². The van der Waals surface area contributed by atoms with Crippen LogP contribution in [0, 0.1) is 5.92 Å². The van der Waals surface area contributed by atoms with E-state index in [0.29, 0.717) is 17.6 Å². The van der Waals surface area contributed by atoms with E-state index in [1.807, 2.05) is 0 Å². The fraction of sp³-hybridized carbons (Fsp3) is 0.0351. The average molecular weight is 1530 g/mol. The second-order valence-corrected chi connectivity index (χ2v) is 32.0. The number of rotatable bonds is 11. The van der Waals surface area contributed by atoms with Crippen LogP contribution in [0.4, 0.5) is 0 Å². The standard InChI is InChI=1S/C114H72N4O2/c1-3-27-71(28-4-1)74-32-24-36-81(64-74)103-70-104(117-112(116-103)92-44-12-10-40-86(92)79-58-61-99-108(67-79)119-106-53-21-19-50-97(106)113(99)94-47-16-13-41-89(94)90-42-14-17-48-95(90)113)82-37-25-34-76(65-82)75-33-23-35-77(63-75)88-46-26-52-101-110(88)93-45-15-18-49-96(93)114(101)98-51-20-22-54-107(98)120-109-68-80(59-62-100(109)114)85-39-9-11-43-91(85)111-115-102(73-30-5-2-6-31-73)69-105(118-111)83-57-60-87-78(66-83)56-55-72-29-7-8-38-84(72)87/h1-54,56-70,72H,55H2. The van der Waals surface area contributed by atoms with E-state index < -0.39 is 10.8 Å². The fourth-order valence-corrected chi connectivity index (χ4v) is 20.3. The first-order valence-corrected chi connectivity index (χ1v) is 41.3. The van der Waals surface area contributed by atoms with Gasteiger partial charge in [0.2, 0.25) is 0 Å². The van der Waals surface area contributed by atoms with Crippen LogP contribution in [0.1, 0.15) is 50.9 Å². The Morgan fingerprint density at radius 1 is 0.242 bits per heavy atom. The van der Waals surface area contributed by atoms with Crippen molar-refractivity contribution in [3.8, 4) is 169 Å². The summed E-state index contributed by atoms with van der Waals surface area (Å²) >= 11 is 0. The maximum Gasteiger partial charge on any atom is 0.161 e. The topological polar surface area (TPSA) is 70.0 Å². The van der Waals surface area contributed by atoms with Gasteiger partial charge in [-0.15, -0.1) is 0 Å². The molecule has 4 aliphatic carbocycles. The van der Waals surface area contributed by atoms with Crippen molar-refractivity contribution in [1.82, 2.24) is 19.9 Å². The second-order valence-electron chi connectivity index (χ2n) is 32.0. The van der Waals surface area contributed by atoms with Crippen LogP contribution in [0.25, 0.3) is 157 Å². The number of hydrogen-bond donors (Lipinski definition) is 0. The lowest BCUT2D eigenvalue weighted by atomic mass is 9.66. The maximum atomic E-state index is 7.26. The maximum absolute atomic E-state index is 7.26. The molecule has 6 heteroatoms. The smallest absolute Gasteiger partial charge is 0.161 e. The minimum atomic E-state index is -0.742. The summed E-state index contributed by atoms with van der Waals surface area (Å²) in [5.74, 6) is 4.94. The lowest BCUT2D eigenvalue weighted by molar-refractivity contribution is 0.436. The van der Waals surface area contributed by atoms with Crippen LogP contribution >= 0.6 is 0 Å². The molecule has 0 bridgehead atoms. The van der Waals surface area contributed by atoms with Crippen LogP contribution in [-0.4, -0.2) is 19.9 Å². The Bertz CT molecular complexity index is 7500. The molecular formula is C114H72N4O2. The van der Waals surface area contributed by atoms with Gasteiger partial charge in [-0.2, -0.15) is 0 Å². The summed E-state index contributed by atoms with van der Waals surface area (Å²) in [6.45, 7) is 0. The van der Waals surface area contributed by atoms with E-state index in [4.69, 9.17) is 29.4 Å². The molecule has 2 spiro atoms. The summed E-state index contributed by atoms with van der Waals surface area (Å²) in [5.41, 5.74) is 34.1. The number of allylic oxidation sites excluding steroid dienone is 4. The van der Waals surface area contributed by atoms with Gasteiger partial charge in [0.1, 0.15) is 23.0 Å². The molecule has 0 N–H and O–H groups in total. The van der Waals surface area contributed by atoms with E-state index >= 15 is 0 Å². The number of fused-ring (bicyclic) bond motifs is 20. The molecule has 18 aromatic rings. The highest BCUT2D eigenvalue weighted by molar-refractivity contribution is 5.99. The molecule has 4 heterocycles. The zero-order valence-corrected chi connectivity index (χ0v) is 65.2. The SMILES string of the molecule is C1=CC2=c3ccc(-c4cc(-c5ccccc5)nc(-c5ccccc5-c5ccc6c(c5)Oc5ccccc5C65c6ccccc6-c6c(-c7cccc(-c8cccc(-c9cc(-c%10cccc(-c%11ccccc%11)c%10)nc(-c%10ccccc%10-c%10ccc%11c(c%10)Oc%10ccccc%10C%11%10c%11ccccc%11-c%11ccccc%11%10)n9)c8)c7)cccc65)n4)cc3=CCC2C=C1. The predicted molar refractivity (Wildman–Crippen MR) is 486 cm³/mol. The van der Waals surface area contributed by atoms with Crippen LogP contribution in [0.2, 0.25) is 0 Å². The monoisotopic (exact) mass is 1530 g/mol. The van der Waals surface area contributed by atoms with Crippen LogP contribution in [-0.2, 0) is 10.8 Å². The molecular weight excluding hydrogens is 1460 g/mol. The highest BCUT2D eigenvalue weighted by Crippen LogP contribution is 2.65. The van der Waals surface area contributed by atoms with Crippen molar-refractivity contribution in [1.29, 1.82) is 0 Å². The fourth-order valence-electron chi connectivity index (χ4n) is 20.3. The zero-order valence-electron chi connectivity index (χ0n) is 65.2. The molecule has 6 nitrogen and oxygen atoms in total. The Labute approximate surface area is 695 Å². The van der Waals surface area contributed by atoms with Crippen molar-refractivity contribution < 1.29 is 9.47 Å². The van der Waals surface area contributed by atoms with E-state index in [2.05, 4.69) is 419 Å². The Morgan fingerprint density at radius 3 is 1.18 bits per heavy atom. The molecule has 0 saturated carbocycles. The van der Waals surface area contributed by atoms with E-state index in [0.717, 1.165) is 163 Å². The molecule has 24 rings (SSSR count). The number of benzene rings is 16. The summed E-state index contributed by atoms with van der Waals surface area (Å²) < 4.78 is 14.3. The minimum absolute atomic E-state index is 0.399. The van der Waals surface area contributed by atoms with Gasteiger partial charge in [-0.3, -0.25) is 0 Å². The normalized spacial score (nSPS) is 15.3. The Morgan fingerprint density at radius 2 is 0.617 bits per heavy atom. The molecule has 2 atom stereocenters. The molecule has 16 aromatic carbocycles. The lowest BCUT2D eigenvalue weighted by Crippen LogP contribution is -2.32. The zero-order chi connectivity index (χ0) is 79.0. The van der Waals surface area contributed by atoms with Gasteiger partial charge >= 0.3 is 0 Å². The third kappa shape index (κ3) is 10.8. The van der Waals surface area contributed by atoms with Crippen molar-refractivity contribution >= 4 is 11.6 Å². The van der Waals surface area contributed by atoms with Crippen molar-refractivity contribution in [3.05, 3.63) is 467 Å². The first-order chi connectivity index (χ1) is 59.4. The molecule has 6 aliphatic rings. The predicted octanol–water partition coefficient (Wildman–Crippen LogP) is 26.6. The second kappa shape index (κ2) is 27.6. The van der Waals surface area contributed by atoms with Gasteiger partial charge in [0.25, 0.3) is 0 Å². The third-order valence-electron chi connectivity index (χ3n) is 25.6. The van der Waals surface area contributed by atoms with E-state index in [1.165, 1.54) is 60.5 Å². The van der Waals surface area contributed by atoms with E-state index in [9.17, 15) is 0 Å². The van der Waals surface area contributed by atoms with Gasteiger partial charge in [0.15, 0.2) is 11.6 Å². The Kier molecular flexibility index (Phi) is 15.8. The lowest BCUT2D eigenvalue weighted by Gasteiger charge is -2.39. The van der Waals surface area contributed by atoms with Crippen LogP contribution < -0.4 is 19.9 Å². The summed E-state index contributed by atoms with van der Waals surface area (Å²) in [7, 11) is 0. The van der Waals surface area contributed by atoms with Gasteiger partial charge in [-0.25, -0.2) is 19.9 Å². The number of nitrogens with zero attached hydrogens (tertiary/aromatic N) is 4. The number of para-hydroxylation sites is 2. The molecule has 2 aromatic heterocycles. The van der Waals surface area contributed by atoms with Crippen molar-refractivity contribution in [3.63, 3.8) is 0 Å². The number of aromatic nitrogens is 4. The number of ether oxygens (including phenoxy) is 2. The molecule has 2 unspecified atom stereocenters. The van der Waals surface area contributed by atoms with Crippen molar-refractivity contribution in [2.24, 2.45) is 5.92 Å². The van der Waals surface area contributed by atoms with Crippen molar-refractivity contribution in [2.45, 2.75) is 17.3 Å². The third-order valence-corrected chi connectivity index (χ3v) is 25.6. The molecule has 120 heavy (non-hydrogen) atoms. The summed E-state index contributed by atoms with van der Waals surface area (Å²) in [6.07, 6.45) is 12.2. The molecule has 2 aliphatic heterocycles. The summed E-state index contributed by atoms with van der Waals surface area (Å²) in [4.78, 5) is 22.1. The first-order valence-electron chi connectivity index (χ1n) is 41.3. The van der Waals surface area contributed by atoms with E-state index in [1.54, 1.807) is 0 Å². The molecule has 0 saturated heterocycles. The van der Waals surface area contributed by atoms with Gasteiger partial charge in [-0.05, 0) is 183 Å². The minimum Gasteiger partial charge on any atom is -0.457 e. The van der Waals surface area contributed by atoms with Crippen molar-refractivity contribution in [2.75, 3.05) is 0 Å². The number of hydrogen-bond acceptors (Lipinski definition) is 6. The average Bonchev–Trinajstić information content (AvgIpc) is 1.50. The van der Waals surface area contributed by atoms with Gasteiger partial charge in [-0.1, -0.05) is 358 Å². The molecule has 0 amide bonds. The molecule has 0 fully saturated rings. The summed E-state index contributed by atoms with van der Waals surface area (Å²) in [5, 5.41) is 2.51. The quantitative estimate of drug-likeness (QED) is 0.129. The van der Waals surface area contributed by atoms with Gasteiger partial charge in [0, 0.05) is 61.6 Å². The Balaban J connectivity index is 0.604. The first kappa shape index (κ1) is 68.9. The highest BCUT2D eigenvalue weighted by Gasteiger charge is 2.53. The highest BCUT2D eigenvalue weighted by atomic mass is 16.5. The van der Waals surface area contributed by atoms with Gasteiger partial charge in [0.05, 0.1) is 33.6 Å². The van der Waals surface area contributed by atoms with Gasteiger partial charge < -0.3 is 9.47 Å².